The fraction of sp³-hybridized carbons (Fsp3) is 0.250. The number of Topliss-reactive ketones (excluding diaryl/α,β-unsaturated/α-hetero) is 1. The second-order valence-corrected chi connectivity index (χ2v) is 6.05. The molecule has 0 unspecified atom stereocenters. The van der Waals surface area contributed by atoms with Gasteiger partial charge in [0.1, 0.15) is 18.1 Å². The fourth-order valence-corrected chi connectivity index (χ4v) is 2.59. The first-order valence-electron chi connectivity index (χ1n) is 8.64. The van der Waals surface area contributed by atoms with Gasteiger partial charge in [0.05, 0.1) is 17.6 Å². The first-order valence-corrected chi connectivity index (χ1v) is 8.64. The van der Waals surface area contributed by atoms with Crippen LogP contribution in [0, 0.1) is 6.92 Å². The zero-order valence-corrected chi connectivity index (χ0v) is 15.5. The second kappa shape index (κ2) is 7.90. The Morgan fingerprint density at radius 1 is 1.19 bits per heavy atom. The lowest BCUT2D eigenvalue weighted by Crippen LogP contribution is -2.11. The van der Waals surface area contributed by atoms with Gasteiger partial charge in [-0.3, -0.25) is 14.3 Å². The normalized spacial score (nSPS) is 10.6. The lowest BCUT2D eigenvalue weighted by molar-refractivity contribution is 0.0990. The van der Waals surface area contributed by atoms with Crippen molar-refractivity contribution < 1.29 is 18.7 Å². The fourth-order valence-electron chi connectivity index (χ4n) is 2.59. The molecule has 27 heavy (non-hydrogen) atoms. The Bertz CT molecular complexity index is 954. The number of benzene rings is 1. The number of hydrogen-bond donors (Lipinski definition) is 1. The van der Waals surface area contributed by atoms with E-state index in [0.717, 1.165) is 12.2 Å². The van der Waals surface area contributed by atoms with E-state index in [2.05, 4.69) is 10.4 Å². The molecule has 0 aliphatic rings. The average molecular weight is 367 g/mol. The first-order chi connectivity index (χ1) is 13.0. The summed E-state index contributed by atoms with van der Waals surface area (Å²) in [6.45, 7) is 6.31. The highest BCUT2D eigenvalue weighted by atomic mass is 16.5. The molecule has 0 bridgehead atoms. The minimum Gasteiger partial charge on any atom is -0.486 e. The SMILES string of the molecule is CCn1ncc(NC(=O)c2ccc(COc3ccc(C(C)=O)cc3)o2)c1C. The molecule has 0 saturated heterocycles. The maximum Gasteiger partial charge on any atom is 0.291 e. The van der Waals surface area contributed by atoms with Gasteiger partial charge < -0.3 is 14.5 Å². The molecule has 2 heterocycles. The Balaban J connectivity index is 1.59. The topological polar surface area (TPSA) is 86.4 Å². The number of anilines is 1. The van der Waals surface area contributed by atoms with E-state index in [-0.39, 0.29) is 24.1 Å². The van der Waals surface area contributed by atoms with Crippen LogP contribution >= 0.6 is 0 Å². The van der Waals surface area contributed by atoms with E-state index in [1.54, 1.807) is 47.3 Å². The quantitative estimate of drug-likeness (QED) is 0.641. The number of furan rings is 1. The van der Waals surface area contributed by atoms with Gasteiger partial charge in [0.15, 0.2) is 11.5 Å². The van der Waals surface area contributed by atoms with Gasteiger partial charge >= 0.3 is 0 Å². The number of ether oxygens (including phenoxy) is 1. The van der Waals surface area contributed by atoms with Crippen LogP contribution in [-0.4, -0.2) is 21.5 Å². The molecule has 2 aromatic heterocycles. The number of nitrogens with zero attached hydrogens (tertiary/aromatic N) is 2. The van der Waals surface area contributed by atoms with Crippen LogP contribution in [0.3, 0.4) is 0 Å². The number of aryl methyl sites for hydroxylation is 1. The van der Waals surface area contributed by atoms with Crippen molar-refractivity contribution in [2.45, 2.75) is 33.9 Å². The molecule has 0 spiro atoms. The largest absolute Gasteiger partial charge is 0.486 e. The van der Waals surface area contributed by atoms with Gasteiger partial charge in [-0.15, -0.1) is 0 Å². The highest BCUT2D eigenvalue weighted by Crippen LogP contribution is 2.18. The predicted octanol–water partition coefficient (Wildman–Crippen LogP) is 3.84. The van der Waals surface area contributed by atoms with Crippen LogP contribution in [0.15, 0.2) is 47.0 Å². The van der Waals surface area contributed by atoms with Crippen LogP contribution in [0.4, 0.5) is 5.69 Å². The van der Waals surface area contributed by atoms with Crippen molar-refractivity contribution in [2.24, 2.45) is 0 Å². The Morgan fingerprint density at radius 3 is 2.56 bits per heavy atom. The van der Waals surface area contributed by atoms with Crippen LogP contribution in [0.1, 0.15) is 46.2 Å². The van der Waals surface area contributed by atoms with Crippen molar-refractivity contribution in [1.29, 1.82) is 0 Å². The van der Waals surface area contributed by atoms with Crippen molar-refractivity contribution >= 4 is 17.4 Å². The zero-order valence-electron chi connectivity index (χ0n) is 15.5. The number of aromatic nitrogens is 2. The summed E-state index contributed by atoms with van der Waals surface area (Å²) in [4.78, 5) is 23.6. The monoisotopic (exact) mass is 367 g/mol. The van der Waals surface area contributed by atoms with Gasteiger partial charge in [0, 0.05) is 12.1 Å². The summed E-state index contributed by atoms with van der Waals surface area (Å²) in [5.41, 5.74) is 2.16. The van der Waals surface area contributed by atoms with E-state index < -0.39 is 0 Å². The first kappa shape index (κ1) is 18.4. The van der Waals surface area contributed by atoms with Crippen LogP contribution in [0.25, 0.3) is 0 Å². The number of hydrogen-bond acceptors (Lipinski definition) is 5. The Kier molecular flexibility index (Phi) is 5.40. The second-order valence-electron chi connectivity index (χ2n) is 6.05. The van der Waals surface area contributed by atoms with E-state index in [0.29, 0.717) is 22.8 Å². The molecule has 7 nitrogen and oxygen atoms in total. The number of carbonyl (C=O) groups is 2. The molecule has 0 radical (unpaired) electrons. The van der Waals surface area contributed by atoms with E-state index in [1.807, 2.05) is 13.8 Å². The Morgan fingerprint density at radius 2 is 1.93 bits per heavy atom. The molecule has 1 aromatic carbocycles. The van der Waals surface area contributed by atoms with Gasteiger partial charge in [-0.2, -0.15) is 5.10 Å². The Labute approximate surface area is 156 Å². The smallest absolute Gasteiger partial charge is 0.291 e. The van der Waals surface area contributed by atoms with Crippen molar-refractivity contribution in [3.8, 4) is 5.75 Å². The number of carbonyl (C=O) groups excluding carboxylic acids is 2. The highest BCUT2D eigenvalue weighted by Gasteiger charge is 2.15. The molecule has 1 N–H and O–H groups in total. The standard InChI is InChI=1S/C20H21N3O4/c1-4-23-13(2)18(11-21-23)22-20(25)19-10-9-17(27-19)12-26-16-7-5-15(6-8-16)14(3)24/h5-11H,4,12H2,1-3H3,(H,22,25). The highest BCUT2D eigenvalue weighted by molar-refractivity contribution is 6.02. The molecule has 0 aliphatic carbocycles. The zero-order chi connectivity index (χ0) is 19.4. The van der Waals surface area contributed by atoms with E-state index in [1.165, 1.54) is 6.92 Å². The van der Waals surface area contributed by atoms with Gasteiger partial charge in [-0.25, -0.2) is 0 Å². The van der Waals surface area contributed by atoms with Crippen molar-refractivity contribution in [3.05, 3.63) is 65.4 Å². The third-order valence-electron chi connectivity index (χ3n) is 4.18. The molecule has 0 saturated carbocycles. The summed E-state index contributed by atoms with van der Waals surface area (Å²) >= 11 is 0. The average Bonchev–Trinajstić information content (AvgIpc) is 3.27. The molecule has 7 heteroatoms. The lowest BCUT2D eigenvalue weighted by Gasteiger charge is -2.05. The van der Waals surface area contributed by atoms with Crippen molar-refractivity contribution in [3.63, 3.8) is 0 Å². The summed E-state index contributed by atoms with van der Waals surface area (Å²) in [5.74, 6) is 1.000. The van der Waals surface area contributed by atoms with Crippen molar-refractivity contribution in [2.75, 3.05) is 5.32 Å². The van der Waals surface area contributed by atoms with Crippen LogP contribution < -0.4 is 10.1 Å². The number of nitrogens with one attached hydrogen (secondary N) is 1. The molecule has 0 aliphatic heterocycles. The summed E-state index contributed by atoms with van der Waals surface area (Å²) in [5, 5.41) is 6.99. The summed E-state index contributed by atoms with van der Waals surface area (Å²) in [6, 6.07) is 10.2. The molecule has 3 rings (SSSR count). The predicted molar refractivity (Wildman–Crippen MR) is 100 cm³/mol. The lowest BCUT2D eigenvalue weighted by atomic mass is 10.1. The minimum absolute atomic E-state index is 0.00274. The van der Waals surface area contributed by atoms with E-state index in [9.17, 15) is 9.59 Å². The van der Waals surface area contributed by atoms with Gasteiger partial charge in [0.2, 0.25) is 0 Å². The summed E-state index contributed by atoms with van der Waals surface area (Å²) in [7, 11) is 0. The molecular weight excluding hydrogens is 346 g/mol. The van der Waals surface area contributed by atoms with Crippen LogP contribution in [0.5, 0.6) is 5.75 Å². The van der Waals surface area contributed by atoms with E-state index >= 15 is 0 Å². The van der Waals surface area contributed by atoms with Crippen LogP contribution in [0.2, 0.25) is 0 Å². The molecule has 140 valence electrons. The number of amides is 1. The summed E-state index contributed by atoms with van der Waals surface area (Å²) < 4.78 is 13.0. The number of rotatable bonds is 7. The molecule has 3 aromatic rings. The maximum absolute atomic E-state index is 12.3. The minimum atomic E-state index is -0.342. The summed E-state index contributed by atoms with van der Waals surface area (Å²) in [6.07, 6.45) is 1.62. The molecular formula is C20H21N3O4. The molecule has 0 fully saturated rings. The molecule has 1 amide bonds. The maximum atomic E-state index is 12.3. The van der Waals surface area contributed by atoms with Gasteiger partial charge in [-0.1, -0.05) is 0 Å². The third-order valence-corrected chi connectivity index (χ3v) is 4.18. The Hall–Kier alpha value is -3.35. The van der Waals surface area contributed by atoms with Gasteiger partial charge in [-0.05, 0) is 57.2 Å². The third kappa shape index (κ3) is 4.25. The van der Waals surface area contributed by atoms with Crippen molar-refractivity contribution in [1.82, 2.24) is 9.78 Å². The number of ketones is 1. The molecule has 0 atom stereocenters. The van der Waals surface area contributed by atoms with Gasteiger partial charge in [0.25, 0.3) is 5.91 Å². The van der Waals surface area contributed by atoms with Crippen LogP contribution in [-0.2, 0) is 13.2 Å². The van der Waals surface area contributed by atoms with E-state index in [4.69, 9.17) is 9.15 Å².